The molecule has 0 unspecified atom stereocenters. The Labute approximate surface area is 194 Å². The Morgan fingerprint density at radius 1 is 1.12 bits per heavy atom. The summed E-state index contributed by atoms with van der Waals surface area (Å²) in [6.45, 7) is 4.03. The van der Waals surface area contributed by atoms with Crippen LogP contribution in [0.25, 0.3) is 10.4 Å². The number of rotatable bonds is 10. The lowest BCUT2D eigenvalue weighted by Crippen LogP contribution is -2.26. The van der Waals surface area contributed by atoms with Crippen molar-refractivity contribution in [2.45, 2.75) is 39.7 Å². The lowest BCUT2D eigenvalue weighted by Gasteiger charge is -2.25. The molecule has 0 radical (unpaired) electrons. The molecule has 0 atom stereocenters. The number of anilines is 1. The highest BCUT2D eigenvalue weighted by Crippen LogP contribution is 2.43. The Morgan fingerprint density at radius 3 is 2.30 bits per heavy atom. The summed E-state index contributed by atoms with van der Waals surface area (Å²) in [6, 6.07) is 9.53. The van der Waals surface area contributed by atoms with Gasteiger partial charge in [-0.05, 0) is 48.7 Å². The number of nitrogens with zero attached hydrogens (tertiary/aromatic N) is 2. The minimum absolute atomic E-state index is 0.0668. The zero-order valence-electron chi connectivity index (χ0n) is 18.3. The lowest BCUT2D eigenvalue weighted by molar-refractivity contribution is -0.384. The average molecular weight is 475 g/mol. The second kappa shape index (κ2) is 10.5. The fourth-order valence-corrected chi connectivity index (χ4v) is 4.99. The van der Waals surface area contributed by atoms with Gasteiger partial charge in [-0.15, -0.1) is 11.3 Å². The monoisotopic (exact) mass is 474 g/mol. The van der Waals surface area contributed by atoms with Crippen molar-refractivity contribution in [3.63, 3.8) is 0 Å². The van der Waals surface area contributed by atoms with Gasteiger partial charge in [-0.2, -0.15) is 0 Å². The van der Waals surface area contributed by atoms with Crippen LogP contribution >= 0.6 is 11.3 Å². The first kappa shape index (κ1) is 24.3. The lowest BCUT2D eigenvalue weighted by atomic mass is 10.1. The number of non-ortho nitro benzene ring substituents is 1. The second-order valence-electron chi connectivity index (χ2n) is 7.67. The quantitative estimate of drug-likeness (QED) is 0.198. The number of carboxylic acid groups (broad SMARTS) is 1. The van der Waals surface area contributed by atoms with E-state index in [1.54, 1.807) is 24.0 Å². The van der Waals surface area contributed by atoms with Crippen molar-refractivity contribution < 1.29 is 23.6 Å². The maximum atomic E-state index is 14.4. The number of hydrogen-bond donors (Lipinski definition) is 1. The van der Waals surface area contributed by atoms with Crippen molar-refractivity contribution in [2.75, 3.05) is 11.4 Å². The van der Waals surface area contributed by atoms with Gasteiger partial charge in [0.1, 0.15) is 16.6 Å². The Hall–Kier alpha value is -3.33. The highest BCUT2D eigenvalue weighted by atomic mass is 32.1. The first-order valence-corrected chi connectivity index (χ1v) is 11.4. The van der Waals surface area contributed by atoms with Gasteiger partial charge in [0.15, 0.2) is 0 Å². The molecule has 33 heavy (non-hydrogen) atoms. The van der Waals surface area contributed by atoms with Crippen molar-refractivity contribution in [3.05, 3.63) is 80.9 Å². The van der Waals surface area contributed by atoms with E-state index in [4.69, 9.17) is 0 Å². The van der Waals surface area contributed by atoms with Crippen molar-refractivity contribution in [3.8, 4) is 10.4 Å². The van der Waals surface area contributed by atoms with Crippen LogP contribution in [0.2, 0.25) is 0 Å². The number of halogens is 2. The summed E-state index contributed by atoms with van der Waals surface area (Å²) in [5.41, 5.74) is 1.03. The van der Waals surface area contributed by atoms with E-state index in [1.165, 1.54) is 41.7 Å². The van der Waals surface area contributed by atoms with Gasteiger partial charge < -0.3 is 10.0 Å². The van der Waals surface area contributed by atoms with Gasteiger partial charge in [0.25, 0.3) is 5.69 Å². The molecule has 2 aromatic carbocycles. The number of benzene rings is 2. The highest BCUT2D eigenvalue weighted by Gasteiger charge is 2.26. The third-order valence-electron chi connectivity index (χ3n) is 5.41. The minimum atomic E-state index is -1.14. The molecule has 9 heteroatoms. The minimum Gasteiger partial charge on any atom is -0.478 e. The molecule has 0 spiro atoms. The topological polar surface area (TPSA) is 83.7 Å². The summed E-state index contributed by atoms with van der Waals surface area (Å²) < 4.78 is 28.8. The maximum absolute atomic E-state index is 14.4. The molecular weight excluding hydrogens is 450 g/mol. The summed E-state index contributed by atoms with van der Waals surface area (Å²) in [6.07, 6.45) is 2.55. The van der Waals surface area contributed by atoms with E-state index < -0.39 is 22.5 Å². The van der Waals surface area contributed by atoms with Crippen LogP contribution in [0.3, 0.4) is 0 Å². The van der Waals surface area contributed by atoms with Gasteiger partial charge in [-0.3, -0.25) is 10.1 Å². The molecule has 174 valence electrons. The SMILES string of the molecule is CCCCCN(Cc1c(F)cccc1F)c1sc(-c2ccc([N+](=O)[O-])cc2)c(C)c1C(=O)O. The number of nitro groups is 1. The van der Waals surface area contributed by atoms with Crippen molar-refractivity contribution >= 4 is 28.0 Å². The largest absolute Gasteiger partial charge is 0.478 e. The fraction of sp³-hybridized carbons (Fsp3) is 0.292. The Kier molecular flexibility index (Phi) is 7.75. The summed E-state index contributed by atoms with van der Waals surface area (Å²) in [5, 5.41) is 21.3. The van der Waals surface area contributed by atoms with E-state index >= 15 is 0 Å². The highest BCUT2D eigenvalue weighted by molar-refractivity contribution is 7.20. The van der Waals surface area contributed by atoms with Gasteiger partial charge in [-0.25, -0.2) is 13.6 Å². The van der Waals surface area contributed by atoms with E-state index in [1.807, 2.05) is 6.92 Å². The standard InChI is InChI=1S/C24H24F2N2O4S/c1-3-4-5-13-27(14-18-19(25)7-6-8-20(18)26)23-21(24(29)30)15(2)22(33-23)16-9-11-17(12-10-16)28(31)32/h6-12H,3-5,13-14H2,1-2H3,(H,29,30). The van der Waals surface area contributed by atoms with Crippen LogP contribution in [-0.4, -0.2) is 22.5 Å². The zero-order chi connectivity index (χ0) is 24.1. The number of unbranched alkanes of at least 4 members (excludes halogenated alkanes) is 2. The van der Waals surface area contributed by atoms with E-state index in [0.717, 1.165) is 19.3 Å². The molecule has 0 aliphatic heterocycles. The number of nitro benzene ring substituents is 1. The molecule has 6 nitrogen and oxygen atoms in total. The fourth-order valence-electron chi connectivity index (χ4n) is 3.66. The van der Waals surface area contributed by atoms with Crippen molar-refractivity contribution in [1.82, 2.24) is 0 Å². The number of aromatic carboxylic acids is 1. The number of thiophene rings is 1. The van der Waals surface area contributed by atoms with Crippen LogP contribution in [0, 0.1) is 28.7 Å². The van der Waals surface area contributed by atoms with Crippen LogP contribution in [0.1, 0.15) is 47.7 Å². The zero-order valence-corrected chi connectivity index (χ0v) is 19.1. The maximum Gasteiger partial charge on any atom is 0.339 e. The molecule has 3 rings (SSSR count). The van der Waals surface area contributed by atoms with E-state index in [2.05, 4.69) is 0 Å². The molecule has 0 amide bonds. The summed E-state index contributed by atoms with van der Waals surface area (Å²) >= 11 is 1.21. The van der Waals surface area contributed by atoms with Gasteiger partial charge in [0.2, 0.25) is 0 Å². The third-order valence-corrected chi connectivity index (χ3v) is 6.81. The molecule has 0 bridgehead atoms. The normalized spacial score (nSPS) is 10.9. The van der Waals surface area contributed by atoms with Crippen LogP contribution in [0.5, 0.6) is 0 Å². The first-order valence-electron chi connectivity index (χ1n) is 10.5. The molecule has 0 fully saturated rings. The van der Waals surface area contributed by atoms with Gasteiger partial charge >= 0.3 is 5.97 Å². The second-order valence-corrected chi connectivity index (χ2v) is 8.67. The van der Waals surface area contributed by atoms with Crippen LogP contribution < -0.4 is 4.90 Å². The number of carbonyl (C=O) groups is 1. The molecule has 1 N–H and O–H groups in total. The molecule has 3 aromatic rings. The average Bonchev–Trinajstić information content (AvgIpc) is 3.12. The van der Waals surface area contributed by atoms with Crippen LogP contribution in [0.4, 0.5) is 19.5 Å². The van der Waals surface area contributed by atoms with E-state index in [9.17, 15) is 28.8 Å². The predicted molar refractivity (Wildman–Crippen MR) is 125 cm³/mol. The summed E-state index contributed by atoms with van der Waals surface area (Å²) in [5.74, 6) is -2.51. The Balaban J connectivity index is 2.09. The summed E-state index contributed by atoms with van der Waals surface area (Å²) in [7, 11) is 0. The molecular formula is C24H24F2N2O4S. The predicted octanol–water partition coefficient (Wildman–Crippen LogP) is 6.80. The Bertz CT molecular complexity index is 1140. The molecule has 0 aliphatic rings. The van der Waals surface area contributed by atoms with E-state index in [0.29, 0.717) is 27.5 Å². The molecule has 0 aliphatic carbocycles. The third kappa shape index (κ3) is 5.36. The van der Waals surface area contributed by atoms with Gasteiger partial charge in [0, 0.05) is 35.7 Å². The molecule has 1 heterocycles. The molecule has 0 saturated carbocycles. The Morgan fingerprint density at radius 2 is 1.76 bits per heavy atom. The molecule has 1 aromatic heterocycles. The van der Waals surface area contributed by atoms with Crippen molar-refractivity contribution in [2.24, 2.45) is 0 Å². The van der Waals surface area contributed by atoms with E-state index in [-0.39, 0.29) is 23.4 Å². The van der Waals surface area contributed by atoms with Crippen LogP contribution in [0.15, 0.2) is 42.5 Å². The number of carboxylic acids is 1. The van der Waals surface area contributed by atoms with Gasteiger partial charge in [-0.1, -0.05) is 25.8 Å². The smallest absolute Gasteiger partial charge is 0.339 e. The summed E-state index contributed by atoms with van der Waals surface area (Å²) in [4.78, 5) is 25.0. The van der Waals surface area contributed by atoms with Gasteiger partial charge in [0.05, 0.1) is 10.5 Å². The van der Waals surface area contributed by atoms with Crippen LogP contribution in [-0.2, 0) is 6.54 Å². The molecule has 0 saturated heterocycles. The first-order chi connectivity index (χ1) is 15.7. The number of hydrogen-bond acceptors (Lipinski definition) is 5. The van der Waals surface area contributed by atoms with Crippen molar-refractivity contribution in [1.29, 1.82) is 0 Å².